The molecule has 2 heterocycles. The molecule has 134 valence electrons. The number of fused-ring (bicyclic) bond motifs is 1. The third-order valence-electron chi connectivity index (χ3n) is 4.30. The van der Waals surface area contributed by atoms with Crippen LogP contribution in [0.1, 0.15) is 25.8 Å². The van der Waals surface area contributed by atoms with Crippen molar-refractivity contribution in [2.24, 2.45) is 0 Å². The molecule has 0 aliphatic carbocycles. The van der Waals surface area contributed by atoms with Crippen LogP contribution in [0.4, 0.5) is 5.82 Å². The summed E-state index contributed by atoms with van der Waals surface area (Å²) in [6, 6.07) is 7.18. The number of aliphatic carboxylic acids is 1. The third kappa shape index (κ3) is 3.32. The molecular weight excluding hydrogens is 402 g/mol. The van der Waals surface area contributed by atoms with Crippen LogP contribution in [0.25, 0.3) is 10.9 Å². The lowest BCUT2D eigenvalue weighted by molar-refractivity contribution is -0.137. The van der Waals surface area contributed by atoms with E-state index in [1.807, 2.05) is 12.1 Å². The minimum atomic E-state index is -0.901. The molecule has 2 aromatic rings. The Bertz CT molecular complexity index is 960. The predicted molar refractivity (Wildman–Crippen MR) is 99.2 cm³/mol. The smallest absolute Gasteiger partial charge is 0.303 e. The molecule has 8 heteroatoms. The fraction of sp³-hybridized carbons (Fsp3) is 0.222. The van der Waals surface area contributed by atoms with Crippen LogP contribution in [-0.2, 0) is 20.8 Å². The van der Waals surface area contributed by atoms with Crippen molar-refractivity contribution in [2.75, 3.05) is 5.43 Å². The number of hydrogen-bond acceptors (Lipinski definition) is 5. The molecule has 1 aromatic carbocycles. The maximum Gasteiger partial charge on any atom is 0.303 e. The number of carbonyl (C=O) groups is 3. The van der Waals surface area contributed by atoms with Crippen molar-refractivity contribution in [3.8, 4) is 0 Å². The zero-order chi connectivity index (χ0) is 19.0. The van der Waals surface area contributed by atoms with Gasteiger partial charge < -0.3 is 5.11 Å². The highest BCUT2D eigenvalue weighted by atomic mass is 79.9. The summed E-state index contributed by atoms with van der Waals surface area (Å²) in [4.78, 5) is 39.8. The summed E-state index contributed by atoms with van der Waals surface area (Å²) in [5.41, 5.74) is 4.93. The first kappa shape index (κ1) is 18.1. The van der Waals surface area contributed by atoms with Gasteiger partial charge in [-0.25, -0.2) is 4.98 Å². The van der Waals surface area contributed by atoms with E-state index in [1.165, 1.54) is 0 Å². The van der Waals surface area contributed by atoms with E-state index in [1.54, 1.807) is 26.0 Å². The van der Waals surface area contributed by atoms with Crippen molar-refractivity contribution < 1.29 is 19.5 Å². The lowest BCUT2D eigenvalue weighted by Crippen LogP contribution is -2.37. The minimum absolute atomic E-state index is 0.0318. The summed E-state index contributed by atoms with van der Waals surface area (Å²) in [5.74, 6) is -1.44. The number of carbonyl (C=O) groups excluding carboxylic acids is 2. The number of pyridine rings is 1. The molecule has 1 aromatic heterocycles. The number of nitrogens with one attached hydrogen (secondary N) is 1. The maximum atomic E-state index is 12.2. The summed E-state index contributed by atoms with van der Waals surface area (Å²) in [5, 5.41) is 10.7. The summed E-state index contributed by atoms with van der Waals surface area (Å²) in [6.07, 6.45) is 0.277. The Hall–Kier alpha value is -2.74. The molecule has 1 aliphatic heterocycles. The lowest BCUT2D eigenvalue weighted by atomic mass is 10.0. The number of hydrogen-bond donors (Lipinski definition) is 2. The maximum absolute atomic E-state index is 12.2. The van der Waals surface area contributed by atoms with Gasteiger partial charge in [0.15, 0.2) is 0 Å². The van der Waals surface area contributed by atoms with E-state index in [-0.39, 0.29) is 6.42 Å². The quantitative estimate of drug-likeness (QED) is 0.725. The standard InChI is InChI=1S/C18H16BrN3O4/c1-9-10(2)18(26)22(17(9)25)21-15-7-11(3-6-16(23)24)13-5-4-12(19)8-14(13)20-15/h4-5,7-8H,3,6H2,1-2H3,(H,20,21)(H,23,24). The SMILES string of the molecule is CC1=C(C)C(=O)N(Nc2cc(CCC(=O)O)c3ccc(Br)cc3n2)C1=O. The summed E-state index contributed by atoms with van der Waals surface area (Å²) >= 11 is 3.39. The zero-order valence-corrected chi connectivity index (χ0v) is 15.8. The number of anilines is 1. The molecule has 0 fully saturated rings. The average Bonchev–Trinajstić information content (AvgIpc) is 2.77. The van der Waals surface area contributed by atoms with E-state index < -0.39 is 17.8 Å². The first-order valence-electron chi connectivity index (χ1n) is 7.92. The van der Waals surface area contributed by atoms with Gasteiger partial charge in [-0.3, -0.25) is 19.8 Å². The van der Waals surface area contributed by atoms with Gasteiger partial charge in [-0.2, -0.15) is 5.01 Å². The number of hydrazine groups is 1. The second-order valence-electron chi connectivity index (χ2n) is 6.03. The van der Waals surface area contributed by atoms with Crippen molar-refractivity contribution >= 4 is 50.4 Å². The minimum Gasteiger partial charge on any atom is -0.481 e. The third-order valence-corrected chi connectivity index (χ3v) is 4.80. The molecule has 0 spiro atoms. The van der Waals surface area contributed by atoms with Gasteiger partial charge >= 0.3 is 5.97 Å². The predicted octanol–water partition coefficient (Wildman–Crippen LogP) is 3.05. The van der Waals surface area contributed by atoms with Crippen LogP contribution in [0.15, 0.2) is 39.9 Å². The highest BCUT2D eigenvalue weighted by Crippen LogP contribution is 2.27. The van der Waals surface area contributed by atoms with Crippen LogP contribution in [0, 0.1) is 0 Å². The normalized spacial score (nSPS) is 14.5. The highest BCUT2D eigenvalue weighted by molar-refractivity contribution is 9.10. The summed E-state index contributed by atoms with van der Waals surface area (Å²) in [7, 11) is 0. The van der Waals surface area contributed by atoms with E-state index in [4.69, 9.17) is 5.11 Å². The fourth-order valence-corrected chi connectivity index (χ4v) is 3.09. The van der Waals surface area contributed by atoms with Crippen molar-refractivity contribution in [3.05, 3.63) is 45.4 Å². The molecule has 3 rings (SSSR count). The summed E-state index contributed by atoms with van der Waals surface area (Å²) < 4.78 is 0.820. The number of nitrogens with zero attached hydrogens (tertiary/aromatic N) is 2. The number of carboxylic acids is 1. The summed E-state index contributed by atoms with van der Waals surface area (Å²) in [6.45, 7) is 3.20. The number of aromatic nitrogens is 1. The van der Waals surface area contributed by atoms with Crippen LogP contribution >= 0.6 is 15.9 Å². The van der Waals surface area contributed by atoms with Crippen LogP contribution < -0.4 is 5.43 Å². The van der Waals surface area contributed by atoms with E-state index >= 15 is 0 Å². The van der Waals surface area contributed by atoms with Crippen molar-refractivity contribution in [1.29, 1.82) is 0 Å². The second-order valence-corrected chi connectivity index (χ2v) is 6.95. The Kier molecular flexibility index (Phi) is 4.78. The van der Waals surface area contributed by atoms with Gasteiger partial charge in [0, 0.05) is 27.4 Å². The zero-order valence-electron chi connectivity index (χ0n) is 14.2. The van der Waals surface area contributed by atoms with Crippen molar-refractivity contribution in [2.45, 2.75) is 26.7 Å². The molecule has 0 saturated carbocycles. The highest BCUT2D eigenvalue weighted by Gasteiger charge is 2.34. The van der Waals surface area contributed by atoms with E-state index in [9.17, 15) is 14.4 Å². The number of imide groups is 1. The van der Waals surface area contributed by atoms with Crippen molar-refractivity contribution in [3.63, 3.8) is 0 Å². The Morgan fingerprint density at radius 3 is 2.46 bits per heavy atom. The lowest BCUT2D eigenvalue weighted by Gasteiger charge is -2.18. The van der Waals surface area contributed by atoms with Gasteiger partial charge in [0.1, 0.15) is 5.82 Å². The van der Waals surface area contributed by atoms with Crippen LogP contribution in [0.3, 0.4) is 0 Å². The Morgan fingerprint density at radius 1 is 1.19 bits per heavy atom. The van der Waals surface area contributed by atoms with Crippen LogP contribution in [0.2, 0.25) is 0 Å². The number of halogens is 1. The van der Waals surface area contributed by atoms with E-state index in [0.29, 0.717) is 28.9 Å². The second kappa shape index (κ2) is 6.87. The first-order chi connectivity index (χ1) is 12.3. The number of benzene rings is 1. The van der Waals surface area contributed by atoms with Gasteiger partial charge in [-0.05, 0) is 44.0 Å². The van der Waals surface area contributed by atoms with Crippen LogP contribution in [-0.4, -0.2) is 32.9 Å². The van der Waals surface area contributed by atoms with Gasteiger partial charge in [-0.15, -0.1) is 0 Å². The molecular formula is C18H16BrN3O4. The Morgan fingerprint density at radius 2 is 1.85 bits per heavy atom. The molecule has 7 nitrogen and oxygen atoms in total. The molecule has 2 N–H and O–H groups in total. The van der Waals surface area contributed by atoms with Gasteiger partial charge in [0.25, 0.3) is 11.8 Å². The molecule has 0 atom stereocenters. The monoisotopic (exact) mass is 417 g/mol. The fourth-order valence-electron chi connectivity index (χ4n) is 2.74. The number of amides is 2. The number of rotatable bonds is 5. The largest absolute Gasteiger partial charge is 0.481 e. The van der Waals surface area contributed by atoms with E-state index in [2.05, 4.69) is 26.3 Å². The first-order valence-corrected chi connectivity index (χ1v) is 8.71. The Labute approximate surface area is 157 Å². The molecule has 26 heavy (non-hydrogen) atoms. The molecule has 2 amide bonds. The molecule has 0 radical (unpaired) electrons. The van der Waals surface area contributed by atoms with Gasteiger partial charge in [0.2, 0.25) is 0 Å². The van der Waals surface area contributed by atoms with Crippen molar-refractivity contribution in [1.82, 2.24) is 9.99 Å². The molecule has 1 aliphatic rings. The molecule has 0 bridgehead atoms. The number of aryl methyl sites for hydroxylation is 1. The van der Waals surface area contributed by atoms with E-state index in [0.717, 1.165) is 20.4 Å². The molecule has 0 unspecified atom stereocenters. The Balaban J connectivity index is 1.99. The topological polar surface area (TPSA) is 99.6 Å². The van der Waals surface area contributed by atoms with Crippen LogP contribution in [0.5, 0.6) is 0 Å². The van der Waals surface area contributed by atoms with Gasteiger partial charge in [0.05, 0.1) is 5.52 Å². The number of carboxylic acid groups (broad SMARTS) is 1. The van der Waals surface area contributed by atoms with Gasteiger partial charge in [-0.1, -0.05) is 22.0 Å². The average molecular weight is 418 g/mol. The molecule has 0 saturated heterocycles.